The van der Waals surface area contributed by atoms with Gasteiger partial charge in [-0.2, -0.15) is 4.72 Å². The summed E-state index contributed by atoms with van der Waals surface area (Å²) in [6, 6.07) is 4.01. The first kappa shape index (κ1) is 16.9. The van der Waals surface area contributed by atoms with Gasteiger partial charge in [-0.1, -0.05) is 12.1 Å². The van der Waals surface area contributed by atoms with E-state index in [1.54, 1.807) is 4.90 Å². The number of likely N-dealkylation sites (tertiary alicyclic amines) is 1. The second-order valence-corrected chi connectivity index (χ2v) is 7.02. The molecule has 122 valence electrons. The Morgan fingerprint density at radius 1 is 1.50 bits per heavy atom. The molecule has 22 heavy (non-hydrogen) atoms. The average molecular weight is 329 g/mol. The molecular weight excluding hydrogens is 309 g/mol. The summed E-state index contributed by atoms with van der Waals surface area (Å²) in [5.41, 5.74) is 5.62. The zero-order chi connectivity index (χ0) is 16.3. The van der Waals surface area contributed by atoms with Crippen LogP contribution in [0.15, 0.2) is 29.2 Å². The molecule has 1 heterocycles. The second kappa shape index (κ2) is 6.72. The summed E-state index contributed by atoms with van der Waals surface area (Å²) < 4.78 is 40.2. The van der Waals surface area contributed by atoms with Crippen molar-refractivity contribution in [2.24, 2.45) is 5.73 Å². The first-order valence-corrected chi connectivity index (χ1v) is 8.62. The smallest absolute Gasteiger partial charge is 0.244 e. The largest absolute Gasteiger partial charge is 0.337 e. The van der Waals surface area contributed by atoms with Crippen LogP contribution in [0.1, 0.15) is 19.8 Å². The lowest BCUT2D eigenvalue weighted by Gasteiger charge is -2.26. The predicted octanol–water partition coefficient (Wildman–Crippen LogP) is 0.442. The summed E-state index contributed by atoms with van der Waals surface area (Å²) in [4.78, 5) is 13.5. The van der Waals surface area contributed by atoms with E-state index in [2.05, 4.69) is 4.72 Å². The van der Waals surface area contributed by atoms with Crippen molar-refractivity contribution in [3.8, 4) is 0 Å². The van der Waals surface area contributed by atoms with Gasteiger partial charge in [-0.05, 0) is 31.9 Å². The van der Waals surface area contributed by atoms with Crippen molar-refractivity contribution in [2.45, 2.75) is 36.7 Å². The van der Waals surface area contributed by atoms with E-state index in [9.17, 15) is 17.6 Å². The number of benzene rings is 1. The van der Waals surface area contributed by atoms with E-state index in [1.807, 2.05) is 0 Å². The molecule has 0 bridgehead atoms. The maximum Gasteiger partial charge on any atom is 0.244 e. The van der Waals surface area contributed by atoms with E-state index < -0.39 is 26.8 Å². The standard InChI is InChI=1S/C14H20FN3O3S/c1-10(14(19)18-8-4-5-11(18)9-16)17-22(20,21)13-7-3-2-6-12(13)15/h2-3,6-7,10-11,17H,4-5,8-9,16H2,1H3. The minimum atomic E-state index is -4.09. The van der Waals surface area contributed by atoms with Gasteiger partial charge in [0, 0.05) is 19.1 Å². The van der Waals surface area contributed by atoms with Gasteiger partial charge in [0.25, 0.3) is 0 Å². The maximum absolute atomic E-state index is 13.6. The Balaban J connectivity index is 2.12. The molecule has 3 N–H and O–H groups in total. The summed E-state index contributed by atoms with van der Waals surface area (Å²) in [7, 11) is -4.09. The molecule has 1 saturated heterocycles. The van der Waals surface area contributed by atoms with Crippen LogP contribution in [0.4, 0.5) is 4.39 Å². The molecule has 1 fully saturated rings. The number of hydrogen-bond donors (Lipinski definition) is 2. The summed E-state index contributed by atoms with van der Waals surface area (Å²) >= 11 is 0. The molecule has 1 aliphatic heterocycles. The van der Waals surface area contributed by atoms with E-state index in [0.29, 0.717) is 13.1 Å². The third-order valence-electron chi connectivity index (χ3n) is 3.76. The number of amides is 1. The van der Waals surface area contributed by atoms with Crippen LogP contribution in [0.3, 0.4) is 0 Å². The van der Waals surface area contributed by atoms with Crippen LogP contribution in [0, 0.1) is 5.82 Å². The van der Waals surface area contributed by atoms with Gasteiger partial charge in [0.1, 0.15) is 10.7 Å². The minimum Gasteiger partial charge on any atom is -0.337 e. The highest BCUT2D eigenvalue weighted by atomic mass is 32.2. The summed E-state index contributed by atoms with van der Waals surface area (Å²) in [5.74, 6) is -1.19. The van der Waals surface area contributed by atoms with Gasteiger partial charge in [-0.15, -0.1) is 0 Å². The minimum absolute atomic E-state index is 0.0621. The summed E-state index contributed by atoms with van der Waals surface area (Å²) in [6.45, 7) is 2.36. The van der Waals surface area contributed by atoms with Crippen molar-refractivity contribution < 1.29 is 17.6 Å². The Kier molecular flexibility index (Phi) is 5.15. The predicted molar refractivity (Wildman–Crippen MR) is 80.0 cm³/mol. The lowest BCUT2D eigenvalue weighted by atomic mass is 10.2. The Morgan fingerprint density at radius 3 is 2.82 bits per heavy atom. The summed E-state index contributed by atoms with van der Waals surface area (Å²) in [6.07, 6.45) is 1.66. The molecule has 8 heteroatoms. The van der Waals surface area contributed by atoms with E-state index >= 15 is 0 Å². The Hall–Kier alpha value is -1.51. The molecule has 1 aromatic carbocycles. The van der Waals surface area contributed by atoms with Crippen LogP contribution < -0.4 is 10.5 Å². The molecule has 0 spiro atoms. The van der Waals surface area contributed by atoms with Crippen molar-refractivity contribution in [2.75, 3.05) is 13.1 Å². The quantitative estimate of drug-likeness (QED) is 0.820. The number of nitrogens with zero attached hydrogens (tertiary/aromatic N) is 1. The van der Waals surface area contributed by atoms with Gasteiger partial charge >= 0.3 is 0 Å². The number of rotatable bonds is 5. The van der Waals surface area contributed by atoms with Crippen LogP contribution >= 0.6 is 0 Å². The molecule has 0 saturated carbocycles. The van der Waals surface area contributed by atoms with Crippen LogP contribution in [0.25, 0.3) is 0 Å². The van der Waals surface area contributed by atoms with Crippen LogP contribution in [0.5, 0.6) is 0 Å². The molecule has 1 amide bonds. The molecule has 0 aliphatic carbocycles. The van der Waals surface area contributed by atoms with E-state index in [0.717, 1.165) is 25.0 Å². The molecule has 2 atom stereocenters. The number of carbonyl (C=O) groups is 1. The van der Waals surface area contributed by atoms with Gasteiger partial charge in [0.15, 0.2) is 0 Å². The second-order valence-electron chi connectivity index (χ2n) is 5.34. The average Bonchev–Trinajstić information content (AvgIpc) is 2.94. The lowest BCUT2D eigenvalue weighted by molar-refractivity contribution is -0.133. The van der Waals surface area contributed by atoms with Gasteiger partial charge in [-0.3, -0.25) is 4.79 Å². The monoisotopic (exact) mass is 329 g/mol. The SMILES string of the molecule is CC(NS(=O)(=O)c1ccccc1F)C(=O)N1CCCC1CN. The third kappa shape index (κ3) is 3.45. The van der Waals surface area contributed by atoms with Crippen molar-refractivity contribution >= 4 is 15.9 Å². The molecule has 6 nitrogen and oxygen atoms in total. The number of nitrogens with one attached hydrogen (secondary N) is 1. The van der Waals surface area contributed by atoms with Crippen LogP contribution in [-0.4, -0.2) is 44.4 Å². The molecule has 2 rings (SSSR count). The number of carbonyl (C=O) groups excluding carboxylic acids is 1. The van der Waals surface area contributed by atoms with E-state index in [1.165, 1.54) is 19.1 Å². The fourth-order valence-electron chi connectivity index (χ4n) is 2.63. The van der Waals surface area contributed by atoms with Gasteiger partial charge < -0.3 is 10.6 Å². The zero-order valence-electron chi connectivity index (χ0n) is 12.3. The fourth-order valence-corrected chi connectivity index (χ4v) is 3.90. The van der Waals surface area contributed by atoms with Crippen LogP contribution in [0.2, 0.25) is 0 Å². The van der Waals surface area contributed by atoms with Gasteiger partial charge in [0.2, 0.25) is 15.9 Å². The Morgan fingerprint density at radius 2 is 2.18 bits per heavy atom. The van der Waals surface area contributed by atoms with Gasteiger partial charge in [-0.25, -0.2) is 12.8 Å². The topological polar surface area (TPSA) is 92.5 Å². The molecule has 2 unspecified atom stereocenters. The zero-order valence-corrected chi connectivity index (χ0v) is 13.1. The first-order valence-electron chi connectivity index (χ1n) is 7.14. The highest BCUT2D eigenvalue weighted by Gasteiger charge is 2.32. The van der Waals surface area contributed by atoms with Crippen LogP contribution in [-0.2, 0) is 14.8 Å². The number of sulfonamides is 1. The Bertz CT molecular complexity index is 650. The van der Waals surface area contributed by atoms with Gasteiger partial charge in [0.05, 0.1) is 6.04 Å². The van der Waals surface area contributed by atoms with E-state index in [-0.39, 0.29) is 11.9 Å². The fraction of sp³-hybridized carbons (Fsp3) is 0.500. The first-order chi connectivity index (χ1) is 10.4. The highest BCUT2D eigenvalue weighted by molar-refractivity contribution is 7.89. The summed E-state index contributed by atoms with van der Waals surface area (Å²) in [5, 5.41) is 0. The normalized spacial score (nSPS) is 20.1. The number of halogens is 1. The molecule has 0 aromatic heterocycles. The molecule has 0 radical (unpaired) electrons. The Labute approximate surface area is 129 Å². The molecule has 1 aliphatic rings. The van der Waals surface area contributed by atoms with E-state index in [4.69, 9.17) is 5.73 Å². The highest BCUT2D eigenvalue weighted by Crippen LogP contribution is 2.18. The lowest BCUT2D eigenvalue weighted by Crippen LogP contribution is -2.50. The molecule has 1 aromatic rings. The van der Waals surface area contributed by atoms with Crippen molar-refractivity contribution in [1.82, 2.24) is 9.62 Å². The number of nitrogens with two attached hydrogens (primary N) is 1. The number of hydrogen-bond acceptors (Lipinski definition) is 4. The van der Waals surface area contributed by atoms with Crippen molar-refractivity contribution in [1.29, 1.82) is 0 Å². The molecular formula is C14H20FN3O3S. The maximum atomic E-state index is 13.6. The van der Waals surface area contributed by atoms with Crippen molar-refractivity contribution in [3.63, 3.8) is 0 Å². The third-order valence-corrected chi connectivity index (χ3v) is 5.33. The van der Waals surface area contributed by atoms with Crippen molar-refractivity contribution in [3.05, 3.63) is 30.1 Å².